The summed E-state index contributed by atoms with van der Waals surface area (Å²) in [7, 11) is 0. The summed E-state index contributed by atoms with van der Waals surface area (Å²) in [6.45, 7) is 8.82. The maximum atomic E-state index is 8.76. The lowest BCUT2D eigenvalue weighted by Gasteiger charge is -2.17. The number of nitrogens with zero attached hydrogens (tertiary/aromatic N) is 1. The van der Waals surface area contributed by atoms with E-state index >= 15 is 0 Å². The maximum Gasteiger partial charge on any atom is 0.0684 e. The van der Waals surface area contributed by atoms with Crippen LogP contribution >= 0.6 is 0 Å². The SMILES string of the molecule is CCCC(C)OCCC(C)(C)C#N. The number of ether oxygens (including phenoxy) is 1. The highest BCUT2D eigenvalue weighted by molar-refractivity contribution is 4.91. The van der Waals surface area contributed by atoms with E-state index in [9.17, 15) is 0 Å². The van der Waals surface area contributed by atoms with Gasteiger partial charge in [-0.1, -0.05) is 13.3 Å². The first-order chi connectivity index (χ1) is 6.02. The van der Waals surface area contributed by atoms with Gasteiger partial charge in [0.2, 0.25) is 0 Å². The van der Waals surface area contributed by atoms with Crippen molar-refractivity contribution in [1.29, 1.82) is 5.26 Å². The zero-order chi connectivity index (χ0) is 10.3. The molecule has 2 nitrogen and oxygen atoms in total. The van der Waals surface area contributed by atoms with Crippen LogP contribution in [0.1, 0.15) is 47.0 Å². The molecule has 0 aliphatic heterocycles. The van der Waals surface area contributed by atoms with Crippen molar-refractivity contribution in [3.63, 3.8) is 0 Å². The number of hydrogen-bond donors (Lipinski definition) is 0. The van der Waals surface area contributed by atoms with Gasteiger partial charge in [0.25, 0.3) is 0 Å². The van der Waals surface area contributed by atoms with Gasteiger partial charge in [0.05, 0.1) is 17.6 Å². The Morgan fingerprint density at radius 1 is 1.46 bits per heavy atom. The van der Waals surface area contributed by atoms with Crippen molar-refractivity contribution >= 4 is 0 Å². The van der Waals surface area contributed by atoms with Crippen LogP contribution in [0, 0.1) is 16.7 Å². The van der Waals surface area contributed by atoms with Crippen LogP contribution in [0.15, 0.2) is 0 Å². The Labute approximate surface area is 81.9 Å². The molecule has 0 aromatic carbocycles. The third kappa shape index (κ3) is 6.60. The minimum absolute atomic E-state index is 0.244. The molecule has 1 unspecified atom stereocenters. The molecule has 0 aliphatic carbocycles. The van der Waals surface area contributed by atoms with E-state index in [1.54, 1.807) is 0 Å². The predicted molar refractivity (Wildman–Crippen MR) is 54.3 cm³/mol. The molecule has 1 atom stereocenters. The second-order valence-electron chi connectivity index (χ2n) is 4.22. The summed E-state index contributed by atoms with van der Waals surface area (Å²) in [5, 5.41) is 8.76. The Kier molecular flexibility index (Phi) is 5.73. The van der Waals surface area contributed by atoms with E-state index in [0.29, 0.717) is 12.7 Å². The molecule has 13 heavy (non-hydrogen) atoms. The zero-order valence-electron chi connectivity index (χ0n) is 9.26. The normalized spacial score (nSPS) is 13.8. The molecule has 76 valence electrons. The minimum Gasteiger partial charge on any atom is -0.378 e. The number of hydrogen-bond acceptors (Lipinski definition) is 2. The molecule has 0 N–H and O–H groups in total. The summed E-state index contributed by atoms with van der Waals surface area (Å²) < 4.78 is 5.57. The fourth-order valence-corrected chi connectivity index (χ4v) is 1.06. The van der Waals surface area contributed by atoms with Crippen LogP contribution < -0.4 is 0 Å². The second-order valence-corrected chi connectivity index (χ2v) is 4.22. The largest absolute Gasteiger partial charge is 0.378 e. The smallest absolute Gasteiger partial charge is 0.0684 e. The summed E-state index contributed by atoms with van der Waals surface area (Å²) >= 11 is 0. The summed E-state index contributed by atoms with van der Waals surface area (Å²) in [6, 6.07) is 2.27. The lowest BCUT2D eigenvalue weighted by molar-refractivity contribution is 0.0476. The fourth-order valence-electron chi connectivity index (χ4n) is 1.06. The lowest BCUT2D eigenvalue weighted by Crippen LogP contribution is -2.15. The lowest BCUT2D eigenvalue weighted by atomic mass is 9.92. The summed E-state index contributed by atoms with van der Waals surface area (Å²) in [5.74, 6) is 0. The number of rotatable bonds is 6. The van der Waals surface area contributed by atoms with Gasteiger partial charge in [0, 0.05) is 6.61 Å². The molecular weight excluding hydrogens is 162 g/mol. The third-order valence-electron chi connectivity index (χ3n) is 2.13. The first kappa shape index (κ1) is 12.4. The van der Waals surface area contributed by atoms with Gasteiger partial charge in [-0.2, -0.15) is 5.26 Å². The quantitative estimate of drug-likeness (QED) is 0.633. The van der Waals surface area contributed by atoms with Crippen LogP contribution in [0.3, 0.4) is 0 Å². The van der Waals surface area contributed by atoms with E-state index in [4.69, 9.17) is 10.00 Å². The highest BCUT2D eigenvalue weighted by Crippen LogP contribution is 2.18. The average Bonchev–Trinajstić information content (AvgIpc) is 2.05. The molecule has 0 spiro atoms. The van der Waals surface area contributed by atoms with E-state index in [-0.39, 0.29) is 5.41 Å². The molecule has 0 saturated carbocycles. The zero-order valence-corrected chi connectivity index (χ0v) is 9.26. The molecule has 0 radical (unpaired) electrons. The van der Waals surface area contributed by atoms with Gasteiger partial charge in [-0.25, -0.2) is 0 Å². The van der Waals surface area contributed by atoms with Crippen LogP contribution in [0.25, 0.3) is 0 Å². The highest BCUT2D eigenvalue weighted by atomic mass is 16.5. The van der Waals surface area contributed by atoms with Crippen molar-refractivity contribution in [3.05, 3.63) is 0 Å². The Morgan fingerprint density at radius 3 is 2.54 bits per heavy atom. The third-order valence-corrected chi connectivity index (χ3v) is 2.13. The van der Waals surface area contributed by atoms with Crippen LogP contribution in [-0.2, 0) is 4.74 Å². The monoisotopic (exact) mass is 183 g/mol. The van der Waals surface area contributed by atoms with Crippen molar-refractivity contribution in [3.8, 4) is 6.07 Å². The Balaban J connectivity index is 3.51. The van der Waals surface area contributed by atoms with Crippen molar-refractivity contribution in [2.45, 2.75) is 53.1 Å². The van der Waals surface area contributed by atoms with Gasteiger partial charge >= 0.3 is 0 Å². The van der Waals surface area contributed by atoms with Crippen molar-refractivity contribution in [2.75, 3.05) is 6.61 Å². The van der Waals surface area contributed by atoms with Gasteiger partial charge in [0.15, 0.2) is 0 Å². The summed E-state index contributed by atoms with van der Waals surface area (Å²) in [4.78, 5) is 0. The molecule has 0 bridgehead atoms. The van der Waals surface area contributed by atoms with E-state index in [1.807, 2.05) is 13.8 Å². The Bertz CT molecular complexity index is 169. The van der Waals surface area contributed by atoms with E-state index in [2.05, 4.69) is 19.9 Å². The van der Waals surface area contributed by atoms with Crippen LogP contribution in [0.5, 0.6) is 0 Å². The molecule has 0 fully saturated rings. The molecule has 0 heterocycles. The Hall–Kier alpha value is -0.550. The van der Waals surface area contributed by atoms with Gasteiger partial charge in [-0.05, 0) is 33.6 Å². The highest BCUT2D eigenvalue weighted by Gasteiger charge is 2.16. The van der Waals surface area contributed by atoms with E-state index in [1.165, 1.54) is 0 Å². The summed E-state index contributed by atoms with van der Waals surface area (Å²) in [6.07, 6.45) is 3.41. The van der Waals surface area contributed by atoms with Crippen molar-refractivity contribution in [2.24, 2.45) is 5.41 Å². The molecule has 0 aromatic rings. The van der Waals surface area contributed by atoms with Gasteiger partial charge < -0.3 is 4.74 Å². The van der Waals surface area contributed by atoms with Gasteiger partial charge in [-0.3, -0.25) is 0 Å². The van der Waals surface area contributed by atoms with E-state index in [0.717, 1.165) is 19.3 Å². The topological polar surface area (TPSA) is 33.0 Å². The molecule has 0 amide bonds. The second kappa shape index (κ2) is 5.99. The number of nitriles is 1. The molecule has 0 aromatic heterocycles. The van der Waals surface area contributed by atoms with Gasteiger partial charge in [0.1, 0.15) is 0 Å². The Morgan fingerprint density at radius 2 is 2.08 bits per heavy atom. The predicted octanol–water partition coefficient (Wildman–Crippen LogP) is 3.13. The maximum absolute atomic E-state index is 8.76. The minimum atomic E-state index is -0.244. The van der Waals surface area contributed by atoms with Crippen LogP contribution in [-0.4, -0.2) is 12.7 Å². The van der Waals surface area contributed by atoms with Crippen molar-refractivity contribution in [1.82, 2.24) is 0 Å². The average molecular weight is 183 g/mol. The first-order valence-corrected chi connectivity index (χ1v) is 5.04. The molecular formula is C11H21NO. The standard InChI is InChI=1S/C11H21NO/c1-5-6-10(2)13-8-7-11(3,4)9-12/h10H,5-8H2,1-4H3. The first-order valence-electron chi connectivity index (χ1n) is 5.04. The summed E-state index contributed by atoms with van der Waals surface area (Å²) in [5.41, 5.74) is -0.244. The molecule has 0 aliphatic rings. The van der Waals surface area contributed by atoms with E-state index < -0.39 is 0 Å². The van der Waals surface area contributed by atoms with Gasteiger partial charge in [-0.15, -0.1) is 0 Å². The molecule has 0 saturated heterocycles. The fraction of sp³-hybridized carbons (Fsp3) is 0.909. The van der Waals surface area contributed by atoms with Crippen LogP contribution in [0.2, 0.25) is 0 Å². The van der Waals surface area contributed by atoms with Crippen LogP contribution in [0.4, 0.5) is 0 Å². The molecule has 0 rings (SSSR count). The molecule has 2 heteroatoms. The van der Waals surface area contributed by atoms with Crippen molar-refractivity contribution < 1.29 is 4.74 Å².